The molecule has 1 aliphatic heterocycles. The zero-order valence-electron chi connectivity index (χ0n) is 25.2. The number of allylic oxidation sites excluding steroid dienone is 1. The number of hydrogen-bond acceptors (Lipinski definition) is 8. The minimum absolute atomic E-state index is 0.00666. The van der Waals surface area contributed by atoms with Crippen molar-refractivity contribution in [3.8, 4) is 34.7 Å². The van der Waals surface area contributed by atoms with Crippen LogP contribution in [0.25, 0.3) is 22.0 Å². The molecule has 0 fully saturated rings. The Morgan fingerprint density at radius 2 is 1.82 bits per heavy atom. The molecular formula is C36H32N4O5. The summed E-state index contributed by atoms with van der Waals surface area (Å²) in [6.07, 6.45) is 0. The smallest absolute Gasteiger partial charge is 0.338 e. The van der Waals surface area contributed by atoms with Crippen LogP contribution in [0.3, 0.4) is 0 Å². The van der Waals surface area contributed by atoms with E-state index in [0.717, 1.165) is 33.2 Å². The number of methoxy groups -OCH3 is 1. The molecule has 1 aromatic heterocycles. The van der Waals surface area contributed by atoms with Crippen LogP contribution >= 0.6 is 0 Å². The second-order valence-corrected chi connectivity index (χ2v) is 11.2. The normalized spacial score (nSPS) is 14.1. The van der Waals surface area contributed by atoms with Crippen LogP contribution in [0.2, 0.25) is 0 Å². The number of nitrogens with one attached hydrogen (secondary N) is 1. The van der Waals surface area contributed by atoms with Crippen LogP contribution < -0.4 is 19.9 Å². The van der Waals surface area contributed by atoms with Crippen LogP contribution in [0.1, 0.15) is 46.8 Å². The van der Waals surface area contributed by atoms with E-state index in [0.29, 0.717) is 35.1 Å². The number of ether oxygens (including phenoxy) is 4. The van der Waals surface area contributed by atoms with Crippen LogP contribution in [0.4, 0.5) is 0 Å². The fraction of sp³-hybridized carbons (Fsp3) is 0.194. The average molecular weight is 601 g/mol. The van der Waals surface area contributed by atoms with Crippen molar-refractivity contribution in [3.63, 3.8) is 0 Å². The maximum atomic E-state index is 12.3. The van der Waals surface area contributed by atoms with Gasteiger partial charge in [0.15, 0.2) is 0 Å². The summed E-state index contributed by atoms with van der Waals surface area (Å²) < 4.78 is 22.9. The van der Waals surface area contributed by atoms with Crippen molar-refractivity contribution in [2.75, 3.05) is 13.7 Å². The number of hydrogen-bond donors (Lipinski definition) is 2. The fourth-order valence-corrected chi connectivity index (χ4v) is 5.41. The summed E-state index contributed by atoms with van der Waals surface area (Å²) in [7, 11) is 1.59. The highest BCUT2D eigenvalue weighted by molar-refractivity contribution is 5.89. The number of carbonyl (C=O) groups excluding carboxylic acids is 1. The Bertz CT molecular complexity index is 1950. The van der Waals surface area contributed by atoms with E-state index in [2.05, 4.69) is 40.5 Å². The lowest BCUT2D eigenvalue weighted by atomic mass is 9.82. The van der Waals surface area contributed by atoms with E-state index in [1.165, 1.54) is 0 Å². The highest BCUT2D eigenvalue weighted by Crippen LogP contribution is 2.46. The first kappa shape index (κ1) is 29.3. The molecule has 0 aliphatic carbocycles. The summed E-state index contributed by atoms with van der Waals surface area (Å²) in [5, 5.41) is 20.0. The molecule has 0 radical (unpaired) electrons. The number of H-pyrrole nitrogens is 1. The summed E-state index contributed by atoms with van der Waals surface area (Å²) >= 11 is 0. The minimum atomic E-state index is -0.556. The SMILES string of the molecule is COc1ccc([C@H]2C(C#N)=C(N)Oc3n[nH]c(-c4ccc5ccccc5c4)c32)cc1COc1ccc(C(=O)OCC(C)C)cc1. The number of nitrogens with two attached hydrogens (primary N) is 1. The zero-order chi connectivity index (χ0) is 31.5. The van der Waals surface area contributed by atoms with Crippen molar-refractivity contribution in [1.82, 2.24) is 10.2 Å². The monoisotopic (exact) mass is 600 g/mol. The van der Waals surface area contributed by atoms with E-state index < -0.39 is 5.92 Å². The number of carbonyl (C=O) groups is 1. The Labute approximate surface area is 260 Å². The molecule has 0 saturated heterocycles. The lowest BCUT2D eigenvalue weighted by molar-refractivity contribution is 0.0459. The Morgan fingerprint density at radius 1 is 1.04 bits per heavy atom. The highest BCUT2D eigenvalue weighted by atomic mass is 16.5. The van der Waals surface area contributed by atoms with Crippen molar-refractivity contribution in [2.24, 2.45) is 11.7 Å². The van der Waals surface area contributed by atoms with Crippen LogP contribution in [0, 0.1) is 17.2 Å². The van der Waals surface area contributed by atoms with Gasteiger partial charge in [-0.3, -0.25) is 5.10 Å². The number of fused-ring (bicyclic) bond motifs is 2. The van der Waals surface area contributed by atoms with Gasteiger partial charge in [0.05, 0.1) is 36.5 Å². The lowest BCUT2D eigenvalue weighted by Gasteiger charge is -2.25. The number of esters is 1. The van der Waals surface area contributed by atoms with E-state index in [9.17, 15) is 10.1 Å². The third kappa shape index (κ3) is 5.91. The van der Waals surface area contributed by atoms with E-state index in [-0.39, 0.29) is 30.0 Å². The van der Waals surface area contributed by atoms with Crippen LogP contribution in [0.5, 0.6) is 17.4 Å². The average Bonchev–Trinajstić information content (AvgIpc) is 3.48. The van der Waals surface area contributed by atoms with Gasteiger partial charge in [0, 0.05) is 11.1 Å². The first-order valence-corrected chi connectivity index (χ1v) is 14.6. The van der Waals surface area contributed by atoms with Gasteiger partial charge in [-0.25, -0.2) is 4.79 Å². The van der Waals surface area contributed by atoms with Crippen LogP contribution in [-0.4, -0.2) is 29.9 Å². The summed E-state index contributed by atoms with van der Waals surface area (Å²) in [6.45, 7) is 4.51. The Kier molecular flexibility index (Phi) is 8.12. The molecule has 9 nitrogen and oxygen atoms in total. The van der Waals surface area contributed by atoms with E-state index >= 15 is 0 Å². The molecule has 0 spiro atoms. The maximum absolute atomic E-state index is 12.3. The molecule has 45 heavy (non-hydrogen) atoms. The van der Waals surface area contributed by atoms with Crippen molar-refractivity contribution >= 4 is 16.7 Å². The first-order valence-electron chi connectivity index (χ1n) is 14.6. The number of nitriles is 1. The van der Waals surface area contributed by atoms with Crippen LogP contribution in [0.15, 0.2) is 96.4 Å². The second-order valence-electron chi connectivity index (χ2n) is 11.2. The molecule has 6 rings (SSSR count). The Balaban J connectivity index is 1.32. The van der Waals surface area contributed by atoms with Crippen LogP contribution in [-0.2, 0) is 11.3 Å². The Hall–Kier alpha value is -5.75. The van der Waals surface area contributed by atoms with Gasteiger partial charge in [0.1, 0.15) is 29.7 Å². The second kappa shape index (κ2) is 12.5. The first-order chi connectivity index (χ1) is 21.9. The third-order valence-corrected chi connectivity index (χ3v) is 7.65. The predicted octanol–water partition coefficient (Wildman–Crippen LogP) is 6.85. The van der Waals surface area contributed by atoms with E-state index in [1.807, 2.05) is 50.2 Å². The van der Waals surface area contributed by atoms with Gasteiger partial charge in [-0.05, 0) is 64.7 Å². The highest BCUT2D eigenvalue weighted by Gasteiger charge is 2.36. The van der Waals surface area contributed by atoms with Crippen molar-refractivity contribution in [2.45, 2.75) is 26.4 Å². The molecule has 3 N–H and O–H groups in total. The van der Waals surface area contributed by atoms with E-state index in [1.54, 1.807) is 31.4 Å². The molecule has 1 aliphatic rings. The third-order valence-electron chi connectivity index (χ3n) is 7.65. The van der Waals surface area contributed by atoms with Gasteiger partial charge in [0.25, 0.3) is 0 Å². The number of benzene rings is 4. The molecule has 9 heteroatoms. The molecule has 5 aromatic rings. The molecular weight excluding hydrogens is 568 g/mol. The molecule has 2 heterocycles. The van der Waals surface area contributed by atoms with Gasteiger partial charge in [-0.15, -0.1) is 5.10 Å². The number of nitrogens with zero attached hydrogens (tertiary/aromatic N) is 2. The summed E-state index contributed by atoms with van der Waals surface area (Å²) in [5.41, 5.74) is 10.9. The van der Waals surface area contributed by atoms with Gasteiger partial charge in [0.2, 0.25) is 11.8 Å². The van der Waals surface area contributed by atoms with Gasteiger partial charge >= 0.3 is 5.97 Å². The van der Waals surface area contributed by atoms with Gasteiger partial charge in [-0.2, -0.15) is 5.26 Å². The standard InChI is InChI=1S/C36H32N4O5/c1-21(2)19-44-36(41)23-10-13-28(14-11-23)43-20-27-17-25(12-15-30(27)42-3)31-29(18-37)34(38)45-35-32(31)33(39-40-35)26-9-8-22-6-4-5-7-24(22)16-26/h4-17,21,31H,19-20,38H2,1-3H3,(H,39,40)/t31-/m0/s1. The molecule has 0 saturated carbocycles. The van der Waals surface area contributed by atoms with Crippen molar-refractivity contribution < 1.29 is 23.7 Å². The maximum Gasteiger partial charge on any atom is 0.338 e. The summed E-state index contributed by atoms with van der Waals surface area (Å²) in [4.78, 5) is 12.3. The minimum Gasteiger partial charge on any atom is -0.496 e. The number of aromatic amines is 1. The van der Waals surface area contributed by atoms with Crippen molar-refractivity contribution in [3.05, 3.63) is 119 Å². The molecule has 1 atom stereocenters. The van der Waals surface area contributed by atoms with Crippen molar-refractivity contribution in [1.29, 1.82) is 5.26 Å². The quantitative estimate of drug-likeness (QED) is 0.176. The zero-order valence-corrected chi connectivity index (χ0v) is 25.2. The molecule has 0 bridgehead atoms. The summed E-state index contributed by atoms with van der Waals surface area (Å²) in [6, 6.07) is 29.0. The predicted molar refractivity (Wildman–Crippen MR) is 170 cm³/mol. The summed E-state index contributed by atoms with van der Waals surface area (Å²) in [5.74, 6) is 0.851. The van der Waals surface area contributed by atoms with Gasteiger partial charge in [-0.1, -0.05) is 56.3 Å². The lowest BCUT2D eigenvalue weighted by Crippen LogP contribution is -2.21. The largest absolute Gasteiger partial charge is 0.496 e. The number of rotatable bonds is 9. The topological polar surface area (TPSA) is 132 Å². The molecule has 226 valence electrons. The van der Waals surface area contributed by atoms with Gasteiger partial charge < -0.3 is 24.7 Å². The Morgan fingerprint density at radius 3 is 2.56 bits per heavy atom. The fourth-order valence-electron chi connectivity index (χ4n) is 5.41. The molecule has 0 unspecified atom stereocenters. The van der Waals surface area contributed by atoms with E-state index in [4.69, 9.17) is 24.7 Å². The number of aromatic nitrogens is 2. The molecule has 4 aromatic carbocycles. The molecule has 0 amide bonds.